The van der Waals surface area contributed by atoms with Crippen molar-refractivity contribution in [1.82, 2.24) is 20.0 Å². The van der Waals surface area contributed by atoms with Crippen molar-refractivity contribution < 1.29 is 9.59 Å². The number of hydrogen-bond acceptors (Lipinski definition) is 5. The predicted octanol–water partition coefficient (Wildman–Crippen LogP) is 1.39. The maximum Gasteiger partial charge on any atom is 0.239 e. The lowest BCUT2D eigenvalue weighted by molar-refractivity contribution is -0.123. The lowest BCUT2D eigenvalue weighted by atomic mass is 10.4. The molecule has 0 saturated heterocycles. The Bertz CT molecular complexity index is 653. The van der Waals surface area contributed by atoms with Gasteiger partial charge < -0.3 is 10.6 Å². The molecule has 2 amide bonds. The van der Waals surface area contributed by atoms with Gasteiger partial charge >= 0.3 is 0 Å². The largest absolute Gasteiger partial charge is 0.355 e. The first-order valence-corrected chi connectivity index (χ1v) is 8.83. The van der Waals surface area contributed by atoms with Crippen LogP contribution >= 0.6 is 11.3 Å². The van der Waals surface area contributed by atoms with Crippen LogP contribution in [0.25, 0.3) is 0 Å². The minimum Gasteiger partial charge on any atom is -0.355 e. The molecule has 2 N–H and O–H groups in total. The Hall–Kier alpha value is -2.19. The summed E-state index contributed by atoms with van der Waals surface area (Å²) in [6.07, 6.45) is 1.66. The molecule has 0 saturated carbocycles. The summed E-state index contributed by atoms with van der Waals surface area (Å²) >= 11 is 1.65. The zero-order valence-electron chi connectivity index (χ0n) is 14.0. The highest BCUT2D eigenvalue weighted by Gasteiger charge is 2.14. The van der Waals surface area contributed by atoms with Gasteiger partial charge in [0.05, 0.1) is 25.8 Å². The van der Waals surface area contributed by atoms with E-state index in [2.05, 4.69) is 15.7 Å². The maximum absolute atomic E-state index is 12.3. The molecule has 24 heavy (non-hydrogen) atoms. The average molecular weight is 349 g/mol. The second-order valence-electron chi connectivity index (χ2n) is 5.26. The van der Waals surface area contributed by atoms with Crippen LogP contribution in [-0.4, -0.2) is 52.7 Å². The zero-order valence-corrected chi connectivity index (χ0v) is 14.8. The summed E-state index contributed by atoms with van der Waals surface area (Å²) < 4.78 is 1.75. The van der Waals surface area contributed by atoms with E-state index in [0.717, 1.165) is 0 Å². The van der Waals surface area contributed by atoms with Crippen molar-refractivity contribution in [3.8, 4) is 0 Å². The van der Waals surface area contributed by atoms with Crippen LogP contribution in [0, 0.1) is 0 Å². The highest BCUT2D eigenvalue weighted by molar-refractivity contribution is 7.09. The highest BCUT2D eigenvalue weighted by Crippen LogP contribution is 2.14. The van der Waals surface area contributed by atoms with E-state index >= 15 is 0 Å². The Morgan fingerprint density at radius 1 is 1.25 bits per heavy atom. The van der Waals surface area contributed by atoms with Gasteiger partial charge in [0.15, 0.2) is 0 Å². The number of carbonyl (C=O) groups excluding carboxylic acids is 2. The van der Waals surface area contributed by atoms with E-state index in [1.54, 1.807) is 33.2 Å². The van der Waals surface area contributed by atoms with Gasteiger partial charge in [0, 0.05) is 17.5 Å². The van der Waals surface area contributed by atoms with Gasteiger partial charge in [-0.05, 0) is 24.9 Å². The van der Waals surface area contributed by atoms with Crippen LogP contribution in [0.5, 0.6) is 0 Å². The summed E-state index contributed by atoms with van der Waals surface area (Å²) in [6, 6.07) is 5.79. The number of anilines is 1. The smallest absolute Gasteiger partial charge is 0.239 e. The molecule has 2 aromatic rings. The molecule has 0 aliphatic carbocycles. The third-order valence-corrected chi connectivity index (χ3v) is 4.29. The molecule has 0 atom stereocenters. The average Bonchev–Trinajstić information content (AvgIpc) is 3.20. The Morgan fingerprint density at radius 3 is 2.71 bits per heavy atom. The van der Waals surface area contributed by atoms with Crippen molar-refractivity contribution in [2.45, 2.75) is 20.4 Å². The molecule has 0 aromatic carbocycles. The third kappa shape index (κ3) is 5.47. The Kier molecular flexibility index (Phi) is 6.95. The van der Waals surface area contributed by atoms with Crippen molar-refractivity contribution in [3.63, 3.8) is 0 Å². The molecule has 2 heterocycles. The normalized spacial score (nSPS) is 10.8. The van der Waals surface area contributed by atoms with Crippen LogP contribution in [-0.2, 0) is 16.1 Å². The summed E-state index contributed by atoms with van der Waals surface area (Å²) in [7, 11) is 0. The fourth-order valence-corrected chi connectivity index (χ4v) is 2.92. The molecule has 8 heteroatoms. The van der Waals surface area contributed by atoms with E-state index < -0.39 is 0 Å². The number of thiophene rings is 1. The first-order chi connectivity index (χ1) is 11.6. The number of nitrogens with one attached hydrogen (secondary N) is 2. The number of amides is 2. The molecule has 7 nitrogen and oxygen atoms in total. The molecule has 0 unspecified atom stereocenters. The lowest BCUT2D eigenvalue weighted by Gasteiger charge is -2.19. The molecule has 2 rings (SSSR count). The maximum atomic E-state index is 12.3. The van der Waals surface area contributed by atoms with E-state index in [1.165, 1.54) is 4.88 Å². The highest BCUT2D eigenvalue weighted by atomic mass is 32.1. The topological polar surface area (TPSA) is 79.3 Å². The fraction of sp³-hybridized carbons (Fsp3) is 0.438. The summed E-state index contributed by atoms with van der Waals surface area (Å²) in [4.78, 5) is 26.9. The Morgan fingerprint density at radius 2 is 2.04 bits per heavy atom. The van der Waals surface area contributed by atoms with E-state index in [9.17, 15) is 9.59 Å². The van der Waals surface area contributed by atoms with Crippen LogP contribution in [0.2, 0.25) is 0 Å². The molecule has 0 aliphatic heterocycles. The van der Waals surface area contributed by atoms with Gasteiger partial charge in [-0.3, -0.25) is 14.5 Å². The minimum absolute atomic E-state index is 0.0742. The summed E-state index contributed by atoms with van der Waals surface area (Å²) in [5.41, 5.74) is 0. The number of rotatable bonds is 9. The van der Waals surface area contributed by atoms with Crippen LogP contribution < -0.4 is 10.6 Å². The summed E-state index contributed by atoms with van der Waals surface area (Å²) in [6.45, 7) is 6.01. The lowest BCUT2D eigenvalue weighted by Crippen LogP contribution is -2.41. The minimum atomic E-state index is -0.158. The van der Waals surface area contributed by atoms with E-state index in [-0.39, 0.29) is 24.9 Å². The second kappa shape index (κ2) is 9.19. The second-order valence-corrected chi connectivity index (χ2v) is 6.29. The van der Waals surface area contributed by atoms with Crippen LogP contribution in [0.4, 0.5) is 5.82 Å². The molecular weight excluding hydrogens is 326 g/mol. The van der Waals surface area contributed by atoms with Crippen molar-refractivity contribution in [1.29, 1.82) is 0 Å². The van der Waals surface area contributed by atoms with Gasteiger partial charge in [0.2, 0.25) is 11.8 Å². The van der Waals surface area contributed by atoms with Gasteiger partial charge in [0.25, 0.3) is 0 Å². The molecule has 2 aromatic heterocycles. The zero-order chi connectivity index (χ0) is 17.4. The van der Waals surface area contributed by atoms with Crippen LogP contribution in [0.1, 0.15) is 18.7 Å². The quantitative estimate of drug-likeness (QED) is 0.717. The molecule has 0 bridgehead atoms. The number of likely N-dealkylation sites (N-methyl/N-ethyl adjacent to an activating group) is 2. The molecule has 0 aliphatic rings. The molecule has 0 fully saturated rings. The summed E-state index contributed by atoms with van der Waals surface area (Å²) in [5, 5.41) is 11.9. The van der Waals surface area contributed by atoms with Crippen molar-refractivity contribution in [2.75, 3.05) is 31.5 Å². The molecule has 130 valence electrons. The third-order valence-electron chi connectivity index (χ3n) is 3.43. The van der Waals surface area contributed by atoms with Gasteiger partial charge in [-0.1, -0.05) is 13.0 Å². The number of carbonyl (C=O) groups is 2. The fourth-order valence-electron chi connectivity index (χ4n) is 2.24. The SMILES string of the molecule is CCNC(=O)CN(CC)CC(=O)Nc1ccnn1Cc1cccs1. The number of hydrogen-bond donors (Lipinski definition) is 2. The van der Waals surface area contributed by atoms with E-state index in [1.807, 2.05) is 31.4 Å². The van der Waals surface area contributed by atoms with Gasteiger partial charge in [-0.2, -0.15) is 5.10 Å². The monoisotopic (exact) mass is 349 g/mol. The number of aromatic nitrogens is 2. The van der Waals surface area contributed by atoms with E-state index in [0.29, 0.717) is 25.5 Å². The first kappa shape index (κ1) is 18.2. The van der Waals surface area contributed by atoms with Gasteiger partial charge in [0.1, 0.15) is 5.82 Å². The molecule has 0 radical (unpaired) electrons. The Balaban J connectivity index is 1.90. The van der Waals surface area contributed by atoms with Crippen molar-refractivity contribution in [2.24, 2.45) is 0 Å². The molecule has 0 spiro atoms. The van der Waals surface area contributed by atoms with Gasteiger partial charge in [-0.25, -0.2) is 4.68 Å². The molecular formula is C16H23N5O2S. The summed E-state index contributed by atoms with van der Waals surface area (Å²) in [5.74, 6) is 0.423. The first-order valence-electron chi connectivity index (χ1n) is 7.95. The van der Waals surface area contributed by atoms with Gasteiger partial charge in [-0.15, -0.1) is 11.3 Å². The number of nitrogens with zero attached hydrogens (tertiary/aromatic N) is 3. The standard InChI is InChI=1S/C16H23N5O2S/c1-3-17-15(22)11-20(4-2)12-16(23)19-14-7-8-18-21(14)10-13-6-5-9-24-13/h5-9H,3-4,10-12H2,1-2H3,(H,17,22)(H,19,23). The van der Waals surface area contributed by atoms with Crippen molar-refractivity contribution in [3.05, 3.63) is 34.7 Å². The van der Waals surface area contributed by atoms with Crippen molar-refractivity contribution >= 4 is 29.0 Å². The van der Waals surface area contributed by atoms with E-state index in [4.69, 9.17) is 0 Å². The Labute approximate surface area is 145 Å². The van der Waals surface area contributed by atoms with Crippen LogP contribution in [0.15, 0.2) is 29.8 Å². The predicted molar refractivity (Wildman–Crippen MR) is 95.1 cm³/mol. The van der Waals surface area contributed by atoms with Crippen LogP contribution in [0.3, 0.4) is 0 Å².